The van der Waals surface area contributed by atoms with E-state index in [0.29, 0.717) is 6.42 Å². The Morgan fingerprint density at radius 1 is 0.452 bits per heavy atom. The maximum absolute atomic E-state index is 10.3. The second kappa shape index (κ2) is 36.1. The molecule has 0 amide bonds. The van der Waals surface area contributed by atoms with E-state index in [0.717, 1.165) is 17.3 Å². The Morgan fingerprint density at radius 2 is 0.738 bits per heavy atom. The van der Waals surface area contributed by atoms with Gasteiger partial charge in [0.05, 0.1) is 27.7 Å². The van der Waals surface area contributed by atoms with E-state index in [4.69, 9.17) is 5.11 Å². The highest BCUT2D eigenvalue weighted by atomic mass is 16.4. The van der Waals surface area contributed by atoms with Gasteiger partial charge in [-0.1, -0.05) is 141 Å². The standard InChI is InChI=1S/C21H44N.C18H34O2/c1-5-6-7-8-9-10-11-12-13-14-15-16-17-18-19-20-21-22(2,3)4;1-2-3-4-5-6-7-8-9-10-11-12-13-14-15-16-17-18(19)20/h12-13H,5-11,14-21H2,1-4H3;9-10H,2-8,11-17H2,1H3,(H,19,20)/q+1;/b13-12-;10-9-. The van der Waals surface area contributed by atoms with E-state index in [-0.39, 0.29) is 0 Å². The number of aliphatic carboxylic acids is 1. The highest BCUT2D eigenvalue weighted by Crippen LogP contribution is 2.12. The van der Waals surface area contributed by atoms with E-state index >= 15 is 0 Å². The lowest BCUT2D eigenvalue weighted by Gasteiger charge is -2.23. The molecule has 0 fully saturated rings. The third-order valence-corrected chi connectivity index (χ3v) is 7.99. The molecule has 0 aliphatic rings. The first-order valence-corrected chi connectivity index (χ1v) is 18.7. The molecule has 0 radical (unpaired) electrons. The molecule has 0 aromatic rings. The van der Waals surface area contributed by atoms with Gasteiger partial charge in [0.2, 0.25) is 0 Å². The zero-order chi connectivity index (χ0) is 31.4. The number of nitrogens with zero attached hydrogens (tertiary/aromatic N) is 1. The predicted molar refractivity (Wildman–Crippen MR) is 189 cm³/mol. The molecule has 3 heteroatoms. The molecular formula is C39H78NO2+. The number of hydrogen-bond acceptors (Lipinski definition) is 1. The van der Waals surface area contributed by atoms with Crippen molar-refractivity contribution in [2.45, 2.75) is 194 Å². The first-order chi connectivity index (χ1) is 20.3. The Bertz CT molecular complexity index is 575. The minimum absolute atomic E-state index is 0.332. The van der Waals surface area contributed by atoms with Gasteiger partial charge in [-0.25, -0.2) is 0 Å². The number of rotatable bonds is 31. The fourth-order valence-corrected chi connectivity index (χ4v) is 5.18. The molecule has 0 unspecified atom stereocenters. The molecule has 0 atom stereocenters. The van der Waals surface area contributed by atoms with Crippen LogP contribution >= 0.6 is 0 Å². The van der Waals surface area contributed by atoms with Crippen LogP contribution in [0.25, 0.3) is 0 Å². The first kappa shape index (κ1) is 43.0. The van der Waals surface area contributed by atoms with Gasteiger partial charge in [0.25, 0.3) is 0 Å². The lowest BCUT2D eigenvalue weighted by atomic mass is 10.1. The Kier molecular flexibility index (Phi) is 37.0. The summed E-state index contributed by atoms with van der Waals surface area (Å²) >= 11 is 0. The zero-order valence-electron chi connectivity index (χ0n) is 29.6. The average Bonchev–Trinajstić information content (AvgIpc) is 2.94. The molecule has 0 bridgehead atoms. The minimum Gasteiger partial charge on any atom is -0.481 e. The fourth-order valence-electron chi connectivity index (χ4n) is 5.18. The van der Waals surface area contributed by atoms with Gasteiger partial charge in [0.1, 0.15) is 0 Å². The fraction of sp³-hybridized carbons (Fsp3) is 0.872. The second-order valence-electron chi connectivity index (χ2n) is 13.7. The lowest BCUT2D eigenvalue weighted by molar-refractivity contribution is -0.870. The molecule has 250 valence electrons. The van der Waals surface area contributed by atoms with Crippen molar-refractivity contribution >= 4 is 5.97 Å². The van der Waals surface area contributed by atoms with Gasteiger partial charge in [-0.3, -0.25) is 4.79 Å². The number of hydrogen-bond donors (Lipinski definition) is 1. The maximum Gasteiger partial charge on any atom is 0.303 e. The summed E-state index contributed by atoms with van der Waals surface area (Å²) in [6, 6.07) is 0. The monoisotopic (exact) mass is 593 g/mol. The van der Waals surface area contributed by atoms with Crippen molar-refractivity contribution in [1.29, 1.82) is 0 Å². The van der Waals surface area contributed by atoms with E-state index in [1.165, 1.54) is 167 Å². The van der Waals surface area contributed by atoms with Crippen LogP contribution in [0, 0.1) is 0 Å². The average molecular weight is 593 g/mol. The van der Waals surface area contributed by atoms with Gasteiger partial charge in [-0.2, -0.15) is 0 Å². The molecule has 0 heterocycles. The van der Waals surface area contributed by atoms with Crippen molar-refractivity contribution in [3.63, 3.8) is 0 Å². The second-order valence-corrected chi connectivity index (χ2v) is 13.7. The highest BCUT2D eigenvalue weighted by Gasteiger charge is 2.04. The molecule has 0 saturated carbocycles. The van der Waals surface area contributed by atoms with Crippen molar-refractivity contribution in [2.75, 3.05) is 27.7 Å². The Morgan fingerprint density at radius 3 is 1.05 bits per heavy atom. The van der Waals surface area contributed by atoms with Crippen LogP contribution < -0.4 is 0 Å². The summed E-state index contributed by atoms with van der Waals surface area (Å²) in [5.41, 5.74) is 0. The molecule has 0 aromatic heterocycles. The molecule has 0 spiro atoms. The summed E-state index contributed by atoms with van der Waals surface area (Å²) in [4.78, 5) is 10.3. The SMILES string of the molecule is CCCCCCCC/C=C\CCCCCCCC(=O)O.CCCCCCCC/C=C\CCCCCCCC[N+](C)(C)C. The van der Waals surface area contributed by atoms with Crippen LogP contribution in [-0.4, -0.2) is 43.2 Å². The third-order valence-electron chi connectivity index (χ3n) is 7.99. The van der Waals surface area contributed by atoms with Crippen LogP contribution in [0.4, 0.5) is 0 Å². The Hall–Kier alpha value is -1.09. The van der Waals surface area contributed by atoms with Crippen LogP contribution in [0.2, 0.25) is 0 Å². The number of quaternary nitrogens is 1. The van der Waals surface area contributed by atoms with Crippen molar-refractivity contribution in [1.82, 2.24) is 0 Å². The van der Waals surface area contributed by atoms with Gasteiger partial charge in [0, 0.05) is 6.42 Å². The van der Waals surface area contributed by atoms with Crippen LogP contribution in [0.15, 0.2) is 24.3 Å². The van der Waals surface area contributed by atoms with Crippen LogP contribution in [0.5, 0.6) is 0 Å². The number of unbranched alkanes of at least 4 members (excludes halogenated alkanes) is 23. The van der Waals surface area contributed by atoms with E-state index in [1.54, 1.807) is 0 Å². The van der Waals surface area contributed by atoms with Crippen LogP contribution in [0.1, 0.15) is 194 Å². The van der Waals surface area contributed by atoms with Crippen molar-refractivity contribution < 1.29 is 14.4 Å². The zero-order valence-corrected chi connectivity index (χ0v) is 29.6. The van der Waals surface area contributed by atoms with Gasteiger partial charge in [0.15, 0.2) is 0 Å². The number of allylic oxidation sites excluding steroid dienone is 4. The summed E-state index contributed by atoms with van der Waals surface area (Å²) in [5.74, 6) is -0.664. The minimum atomic E-state index is -0.664. The molecule has 0 aliphatic carbocycles. The molecule has 0 rings (SSSR count). The van der Waals surface area contributed by atoms with E-state index < -0.39 is 5.97 Å². The summed E-state index contributed by atoms with van der Waals surface area (Å²) in [5, 5.41) is 8.51. The van der Waals surface area contributed by atoms with Gasteiger partial charge >= 0.3 is 5.97 Å². The summed E-state index contributed by atoms with van der Waals surface area (Å²) in [7, 11) is 6.87. The van der Waals surface area contributed by atoms with Crippen LogP contribution in [-0.2, 0) is 4.79 Å². The summed E-state index contributed by atoms with van der Waals surface area (Å²) in [6.45, 7) is 5.87. The largest absolute Gasteiger partial charge is 0.481 e. The normalized spacial score (nSPS) is 11.8. The van der Waals surface area contributed by atoms with Crippen LogP contribution in [0.3, 0.4) is 0 Å². The highest BCUT2D eigenvalue weighted by molar-refractivity contribution is 5.66. The van der Waals surface area contributed by atoms with E-state index in [2.05, 4.69) is 59.3 Å². The van der Waals surface area contributed by atoms with Gasteiger partial charge < -0.3 is 9.59 Å². The van der Waals surface area contributed by atoms with Crippen molar-refractivity contribution in [2.24, 2.45) is 0 Å². The van der Waals surface area contributed by atoms with Crippen molar-refractivity contribution in [3.05, 3.63) is 24.3 Å². The first-order valence-electron chi connectivity index (χ1n) is 18.7. The molecular weight excluding hydrogens is 514 g/mol. The predicted octanol–water partition coefficient (Wildman–Crippen LogP) is 12.8. The summed E-state index contributed by atoms with van der Waals surface area (Å²) in [6.07, 6.45) is 45.7. The molecule has 42 heavy (non-hydrogen) atoms. The smallest absolute Gasteiger partial charge is 0.303 e. The Balaban J connectivity index is 0. The molecule has 0 saturated heterocycles. The summed E-state index contributed by atoms with van der Waals surface area (Å²) < 4.78 is 1.11. The van der Waals surface area contributed by atoms with Gasteiger partial charge in [-0.15, -0.1) is 0 Å². The number of carbonyl (C=O) groups is 1. The molecule has 1 N–H and O–H groups in total. The Labute approximate surface area is 265 Å². The third kappa shape index (κ3) is 45.9. The number of carboxylic acid groups (broad SMARTS) is 1. The van der Waals surface area contributed by atoms with E-state index in [9.17, 15) is 4.79 Å². The van der Waals surface area contributed by atoms with Gasteiger partial charge in [-0.05, 0) is 70.6 Å². The van der Waals surface area contributed by atoms with E-state index in [1.807, 2.05) is 0 Å². The van der Waals surface area contributed by atoms with Crippen molar-refractivity contribution in [3.8, 4) is 0 Å². The molecule has 0 aromatic carbocycles. The quantitative estimate of drug-likeness (QED) is 0.0494. The lowest BCUT2D eigenvalue weighted by Crippen LogP contribution is -2.35. The number of carboxylic acids is 1. The maximum atomic E-state index is 10.3. The topological polar surface area (TPSA) is 37.3 Å². The molecule has 0 aliphatic heterocycles. The molecule has 3 nitrogen and oxygen atoms in total.